The number of hydrogen-bond donors (Lipinski definition) is 1. The second-order valence-corrected chi connectivity index (χ2v) is 6.77. The summed E-state index contributed by atoms with van der Waals surface area (Å²) in [7, 11) is -3.60. The molecule has 106 valence electrons. The Bertz CT molecular complexity index is 754. The van der Waals surface area contributed by atoms with Crippen LogP contribution in [0.5, 0.6) is 0 Å². The van der Waals surface area contributed by atoms with E-state index in [2.05, 4.69) is 0 Å². The number of rotatable bonds is 3. The van der Waals surface area contributed by atoms with Gasteiger partial charge in [0.1, 0.15) is 5.82 Å². The van der Waals surface area contributed by atoms with Crippen LogP contribution in [0.4, 0.5) is 10.1 Å². The average molecular weight is 293 g/mol. The van der Waals surface area contributed by atoms with Crippen LogP contribution in [0.15, 0.2) is 41.3 Å². The summed E-state index contributed by atoms with van der Waals surface area (Å²) in [5.74, 6) is -0.706. The van der Waals surface area contributed by atoms with Crippen LogP contribution in [0.25, 0.3) is 0 Å². The average Bonchev–Trinajstić information content (AvgIpc) is 2.36. The number of aryl methyl sites for hydroxylation is 2. The molecule has 0 aromatic heterocycles. The van der Waals surface area contributed by atoms with E-state index in [9.17, 15) is 12.8 Å². The highest BCUT2D eigenvalue weighted by Gasteiger charge is 2.20. The summed E-state index contributed by atoms with van der Waals surface area (Å²) in [5.41, 5.74) is 7.99. The molecule has 0 aliphatic rings. The molecule has 20 heavy (non-hydrogen) atoms. The Balaban J connectivity index is 2.46. The fourth-order valence-electron chi connectivity index (χ4n) is 2.00. The Labute approximate surface area is 118 Å². The Kier molecular flexibility index (Phi) is 3.81. The van der Waals surface area contributed by atoms with Crippen LogP contribution in [-0.4, -0.2) is 8.42 Å². The lowest BCUT2D eigenvalue weighted by atomic mass is 10.1. The van der Waals surface area contributed by atoms with Crippen molar-refractivity contribution >= 4 is 15.5 Å². The van der Waals surface area contributed by atoms with Crippen molar-refractivity contribution in [1.29, 1.82) is 0 Å². The number of nitrogen functional groups attached to an aromatic ring is 1. The first-order valence-corrected chi connectivity index (χ1v) is 7.79. The largest absolute Gasteiger partial charge is 0.397 e. The molecule has 0 aliphatic heterocycles. The minimum atomic E-state index is -3.60. The van der Waals surface area contributed by atoms with E-state index in [0.29, 0.717) is 11.1 Å². The van der Waals surface area contributed by atoms with Crippen LogP contribution in [0, 0.1) is 19.7 Å². The highest BCUT2D eigenvalue weighted by Crippen LogP contribution is 2.26. The summed E-state index contributed by atoms with van der Waals surface area (Å²) in [5, 5.41) is 0. The molecule has 0 radical (unpaired) electrons. The predicted octanol–water partition coefficient (Wildman–Crippen LogP) is 3.00. The monoisotopic (exact) mass is 293 g/mol. The van der Waals surface area contributed by atoms with Crippen LogP contribution in [0.1, 0.15) is 16.7 Å². The smallest absolute Gasteiger partial charge is 0.184 e. The first-order valence-electron chi connectivity index (χ1n) is 6.14. The molecule has 0 atom stereocenters. The van der Waals surface area contributed by atoms with E-state index in [4.69, 9.17) is 5.73 Å². The van der Waals surface area contributed by atoms with Gasteiger partial charge in [0.05, 0.1) is 16.3 Å². The van der Waals surface area contributed by atoms with E-state index in [1.54, 1.807) is 32.0 Å². The van der Waals surface area contributed by atoms with Crippen molar-refractivity contribution in [2.45, 2.75) is 24.5 Å². The maximum Gasteiger partial charge on any atom is 0.184 e. The van der Waals surface area contributed by atoms with Crippen LogP contribution in [0.2, 0.25) is 0 Å². The molecule has 0 spiro atoms. The molecule has 2 aromatic rings. The van der Waals surface area contributed by atoms with Crippen molar-refractivity contribution in [3.63, 3.8) is 0 Å². The number of benzene rings is 2. The zero-order valence-corrected chi connectivity index (χ0v) is 12.2. The highest BCUT2D eigenvalue weighted by molar-refractivity contribution is 7.90. The molecule has 0 aliphatic carbocycles. The van der Waals surface area contributed by atoms with Gasteiger partial charge in [0.15, 0.2) is 9.84 Å². The number of sulfone groups is 1. The van der Waals surface area contributed by atoms with Gasteiger partial charge >= 0.3 is 0 Å². The molecule has 0 unspecified atom stereocenters. The van der Waals surface area contributed by atoms with E-state index in [-0.39, 0.29) is 16.3 Å². The predicted molar refractivity (Wildman–Crippen MR) is 77.6 cm³/mol. The van der Waals surface area contributed by atoms with Crippen molar-refractivity contribution in [3.05, 3.63) is 58.9 Å². The molecule has 0 amide bonds. The Morgan fingerprint density at radius 3 is 2.50 bits per heavy atom. The van der Waals surface area contributed by atoms with E-state index in [1.807, 2.05) is 0 Å². The molecule has 0 saturated heterocycles. The van der Waals surface area contributed by atoms with Gasteiger partial charge < -0.3 is 5.73 Å². The number of para-hydroxylation sites is 1. The van der Waals surface area contributed by atoms with Gasteiger partial charge in [0.2, 0.25) is 0 Å². The fourth-order valence-corrected chi connectivity index (χ4v) is 3.66. The summed E-state index contributed by atoms with van der Waals surface area (Å²) in [6.45, 7) is 3.51. The van der Waals surface area contributed by atoms with Gasteiger partial charge in [-0.05, 0) is 48.7 Å². The normalized spacial score (nSPS) is 11.6. The summed E-state index contributed by atoms with van der Waals surface area (Å²) >= 11 is 0. The topological polar surface area (TPSA) is 60.2 Å². The quantitative estimate of drug-likeness (QED) is 0.885. The molecule has 0 bridgehead atoms. The Hall–Kier alpha value is -1.88. The number of nitrogens with two attached hydrogens (primary N) is 1. The molecule has 0 saturated carbocycles. The van der Waals surface area contributed by atoms with Gasteiger partial charge in [-0.15, -0.1) is 0 Å². The number of halogens is 1. The van der Waals surface area contributed by atoms with Gasteiger partial charge in [-0.3, -0.25) is 0 Å². The van der Waals surface area contributed by atoms with Crippen LogP contribution in [-0.2, 0) is 15.6 Å². The van der Waals surface area contributed by atoms with Gasteiger partial charge in [-0.2, -0.15) is 0 Å². The van der Waals surface area contributed by atoms with Crippen LogP contribution >= 0.6 is 0 Å². The highest BCUT2D eigenvalue weighted by atomic mass is 32.2. The molecular formula is C15H16FNO2S. The van der Waals surface area contributed by atoms with Crippen molar-refractivity contribution in [3.8, 4) is 0 Å². The van der Waals surface area contributed by atoms with Crippen molar-refractivity contribution in [2.75, 3.05) is 5.73 Å². The zero-order chi connectivity index (χ0) is 14.9. The van der Waals surface area contributed by atoms with E-state index in [1.165, 1.54) is 18.2 Å². The summed E-state index contributed by atoms with van der Waals surface area (Å²) in [4.78, 5) is 0.0983. The van der Waals surface area contributed by atoms with E-state index >= 15 is 0 Å². The lowest BCUT2D eigenvalue weighted by Gasteiger charge is -2.11. The molecule has 0 heterocycles. The maximum atomic E-state index is 13.2. The summed E-state index contributed by atoms with van der Waals surface area (Å²) < 4.78 is 38.1. The van der Waals surface area contributed by atoms with Crippen LogP contribution in [0.3, 0.4) is 0 Å². The third-order valence-corrected chi connectivity index (χ3v) is 4.99. The molecule has 0 fully saturated rings. The van der Waals surface area contributed by atoms with E-state index < -0.39 is 15.7 Å². The van der Waals surface area contributed by atoms with Crippen LogP contribution < -0.4 is 5.73 Å². The lowest BCUT2D eigenvalue weighted by molar-refractivity contribution is 0.594. The minimum Gasteiger partial charge on any atom is -0.397 e. The molecule has 5 heteroatoms. The Morgan fingerprint density at radius 1 is 1.10 bits per heavy atom. The first kappa shape index (κ1) is 14.5. The molecule has 3 nitrogen and oxygen atoms in total. The fraction of sp³-hybridized carbons (Fsp3) is 0.200. The molecule has 2 aromatic carbocycles. The minimum absolute atomic E-state index is 0.0983. The lowest BCUT2D eigenvalue weighted by Crippen LogP contribution is -2.10. The molecular weight excluding hydrogens is 277 g/mol. The maximum absolute atomic E-state index is 13.2. The standard InChI is InChI=1S/C15H16FNO2S/c1-10-6-7-13(16)8-12(10)9-20(18,19)14-5-3-4-11(2)15(14)17/h3-8H,9,17H2,1-2H3. The zero-order valence-electron chi connectivity index (χ0n) is 11.4. The second kappa shape index (κ2) is 5.25. The molecule has 2 rings (SSSR count). The first-order chi connectivity index (χ1) is 9.31. The van der Waals surface area contributed by atoms with Crippen molar-refractivity contribution in [2.24, 2.45) is 0 Å². The van der Waals surface area contributed by atoms with Gasteiger partial charge in [0, 0.05) is 0 Å². The van der Waals surface area contributed by atoms with Gasteiger partial charge in [-0.25, -0.2) is 12.8 Å². The number of anilines is 1. The third kappa shape index (κ3) is 2.82. The molecule has 2 N–H and O–H groups in total. The SMILES string of the molecule is Cc1ccc(F)cc1CS(=O)(=O)c1cccc(C)c1N. The van der Waals surface area contributed by atoms with Crippen molar-refractivity contribution < 1.29 is 12.8 Å². The van der Waals surface area contributed by atoms with Gasteiger partial charge in [0.25, 0.3) is 0 Å². The van der Waals surface area contributed by atoms with Gasteiger partial charge in [-0.1, -0.05) is 18.2 Å². The second-order valence-electron chi connectivity index (χ2n) is 4.82. The summed E-state index contributed by atoms with van der Waals surface area (Å²) in [6.07, 6.45) is 0. The van der Waals surface area contributed by atoms with E-state index in [0.717, 1.165) is 5.56 Å². The summed E-state index contributed by atoms with van der Waals surface area (Å²) in [6, 6.07) is 9.01. The Morgan fingerprint density at radius 2 is 1.80 bits per heavy atom. The van der Waals surface area contributed by atoms with Crippen molar-refractivity contribution in [1.82, 2.24) is 0 Å². The number of hydrogen-bond acceptors (Lipinski definition) is 3. The third-order valence-electron chi connectivity index (χ3n) is 3.28.